The van der Waals surface area contributed by atoms with Crippen LogP contribution in [-0.2, 0) is 19.8 Å². The van der Waals surface area contributed by atoms with Gasteiger partial charge in [0.25, 0.3) is 11.4 Å². The largest absolute Gasteiger partial charge is 0.399 e. The number of hydrogen-bond donors (Lipinski definition) is 3. The molecule has 9 aromatic carbocycles. The highest BCUT2D eigenvalue weighted by atomic mass is 127. The minimum absolute atomic E-state index is 0.00130. The number of non-ortho nitro benzene ring substituents is 2. The third-order valence-corrected chi connectivity index (χ3v) is 15.9. The number of nitrogen functional groups attached to an aromatic ring is 3. The number of nitro groups is 2. The van der Waals surface area contributed by atoms with Crippen molar-refractivity contribution in [1.29, 1.82) is 0 Å². The lowest BCUT2D eigenvalue weighted by molar-refractivity contribution is -0.385. The number of anilines is 3. The number of hydrogen-bond acceptors (Lipinski definition) is 10. The molecule has 0 saturated carbocycles. The lowest BCUT2D eigenvalue weighted by atomic mass is 10.1. The Hall–Kier alpha value is -7.52. The van der Waals surface area contributed by atoms with E-state index in [-0.39, 0.29) is 17.5 Å². The SMILES string of the molecule is CCOP(=O)(Cc1ccc([N+](=O)[O-])cc1)OCC.Cc1ccc(/C=C/c2ccc(N)cc2)cc1.Nc1ccc(/C=C/c2ccc(I)cc2)cc1.Nc1ccc(/C=C/c2ccc([125I])cc2)cc1.O=[N+]([O-])c1ccc(/C=C/c2ccc(I)cc2)cc1. The first kappa shape index (κ1) is 67.3. The minimum Gasteiger partial charge on any atom is -0.399 e. The Balaban J connectivity index is 0.000000192. The van der Waals surface area contributed by atoms with Crippen LogP contribution in [-0.4, -0.2) is 23.1 Å². The van der Waals surface area contributed by atoms with Gasteiger partial charge in [-0.05, 0) is 224 Å². The van der Waals surface area contributed by atoms with Crippen LogP contribution in [0.1, 0.15) is 69.5 Å². The Morgan fingerprint density at radius 2 is 0.655 bits per heavy atom. The van der Waals surface area contributed by atoms with Gasteiger partial charge in [-0.3, -0.25) is 24.8 Å². The van der Waals surface area contributed by atoms with E-state index in [0.29, 0.717) is 18.8 Å². The van der Waals surface area contributed by atoms with Gasteiger partial charge in [0.1, 0.15) is 0 Å². The summed E-state index contributed by atoms with van der Waals surface area (Å²) in [6.45, 7) is 6.16. The Morgan fingerprint density at radius 3 is 0.929 bits per heavy atom. The average molecular weight is 1470 g/mol. The molecule has 9 aromatic rings. The summed E-state index contributed by atoms with van der Waals surface area (Å²) in [6.07, 6.45) is 16.6. The van der Waals surface area contributed by atoms with Crippen LogP contribution in [0, 0.1) is 37.9 Å². The zero-order valence-electron chi connectivity index (χ0n) is 46.6. The van der Waals surface area contributed by atoms with E-state index in [0.717, 1.165) is 44.9 Å². The van der Waals surface area contributed by atoms with Crippen molar-refractivity contribution < 1.29 is 23.5 Å². The minimum atomic E-state index is -3.15. The smallest absolute Gasteiger partial charge is 0.335 e. The predicted octanol–water partition coefficient (Wildman–Crippen LogP) is 19.6. The van der Waals surface area contributed by atoms with E-state index >= 15 is 0 Å². The predicted molar refractivity (Wildman–Crippen MR) is 378 cm³/mol. The molecule has 16 heteroatoms. The molecule has 0 radical (unpaired) electrons. The Bertz CT molecular complexity index is 3220. The molecule has 0 bridgehead atoms. The van der Waals surface area contributed by atoms with Gasteiger partial charge in [-0.1, -0.05) is 163 Å². The molecule has 0 fully saturated rings. The second kappa shape index (κ2) is 36.2. The maximum Gasteiger partial charge on any atom is 0.335 e. The summed E-state index contributed by atoms with van der Waals surface area (Å²) >= 11 is 6.86. The van der Waals surface area contributed by atoms with Gasteiger partial charge in [0.15, 0.2) is 0 Å². The fourth-order valence-electron chi connectivity index (χ4n) is 7.17. The number of aryl methyl sites for hydroxylation is 1. The van der Waals surface area contributed by atoms with Crippen LogP contribution in [0.15, 0.2) is 218 Å². The molecule has 84 heavy (non-hydrogen) atoms. The lowest BCUT2D eigenvalue weighted by Crippen LogP contribution is -1.99. The fourth-order valence-corrected chi connectivity index (χ4v) is 9.95. The molecule has 0 heterocycles. The molecule has 0 atom stereocenters. The molecule has 0 spiro atoms. The standard InChI is InChI=1S/C15H15N.C14H10INO2.2C14H12IN.C11H16NO5P/c1-12-2-4-13(5-3-12)6-7-14-8-10-15(16)11-9-14;15-13-7-3-11(4-8-13)1-2-12-5-9-14(10-6-12)16(17)18;2*15-13-7-3-11(4-8-13)1-2-12-5-9-14(16)10-6-12;1-3-16-18(15,17-4-2)9-10-5-7-11(8-6-10)12(13)14/h2-11H,16H2,1H3;1-10H;2*1-10H,16H2;5-8H,3-4,9H2,1-2H3/b7-6+;3*2-1+;/i;;15-2;;. The molecule has 0 unspecified atom stereocenters. The van der Waals surface area contributed by atoms with Crippen molar-refractivity contribution in [3.63, 3.8) is 0 Å². The molecule has 6 N–H and O–H groups in total. The van der Waals surface area contributed by atoms with E-state index in [1.807, 2.05) is 109 Å². The summed E-state index contributed by atoms with van der Waals surface area (Å²) < 4.78 is 26.2. The summed E-state index contributed by atoms with van der Waals surface area (Å²) in [6, 6.07) is 69.3. The van der Waals surface area contributed by atoms with Crippen LogP contribution >= 0.6 is 75.4 Å². The fraction of sp³-hybridized carbons (Fsp3) is 0.0882. The van der Waals surface area contributed by atoms with Gasteiger partial charge in [-0.15, -0.1) is 0 Å². The molecular weight excluding hydrogens is 1410 g/mol. The first-order valence-corrected chi connectivity index (χ1v) is 31.3. The van der Waals surface area contributed by atoms with Crippen molar-refractivity contribution in [2.45, 2.75) is 26.9 Å². The molecule has 9 rings (SSSR count). The second-order valence-electron chi connectivity index (χ2n) is 18.3. The summed E-state index contributed by atoms with van der Waals surface area (Å²) in [5, 5.41) is 21.0. The summed E-state index contributed by atoms with van der Waals surface area (Å²) in [5.74, 6) is 0. The second-order valence-corrected chi connectivity index (χ2v) is 24.1. The quantitative estimate of drug-likeness (QED) is 0.0209. The lowest BCUT2D eigenvalue weighted by Gasteiger charge is -2.16. The summed E-state index contributed by atoms with van der Waals surface area (Å²) in [7, 11) is -3.15. The van der Waals surface area contributed by atoms with Crippen molar-refractivity contribution in [2.75, 3.05) is 30.4 Å². The van der Waals surface area contributed by atoms with E-state index in [9.17, 15) is 24.8 Å². The highest BCUT2D eigenvalue weighted by Gasteiger charge is 2.24. The molecule has 0 aromatic heterocycles. The third kappa shape index (κ3) is 26.4. The molecule has 0 saturated heterocycles. The first-order valence-electron chi connectivity index (χ1n) is 26.4. The van der Waals surface area contributed by atoms with Gasteiger partial charge in [0, 0.05) is 52.0 Å². The number of benzene rings is 9. The van der Waals surface area contributed by atoms with E-state index in [2.05, 4.69) is 184 Å². The topological polar surface area (TPSA) is 200 Å². The Kier molecular flexibility index (Phi) is 29.0. The van der Waals surface area contributed by atoms with Gasteiger partial charge >= 0.3 is 7.60 Å². The Labute approximate surface area is 533 Å². The van der Waals surface area contributed by atoms with E-state index in [1.165, 1.54) is 57.2 Å². The zero-order chi connectivity index (χ0) is 60.7. The highest BCUT2D eigenvalue weighted by Crippen LogP contribution is 2.51. The van der Waals surface area contributed by atoms with Crippen molar-refractivity contribution in [2.24, 2.45) is 0 Å². The van der Waals surface area contributed by atoms with E-state index < -0.39 is 17.4 Å². The Morgan fingerprint density at radius 1 is 0.417 bits per heavy atom. The van der Waals surface area contributed by atoms with Crippen LogP contribution in [0.4, 0.5) is 28.4 Å². The number of rotatable bonds is 16. The van der Waals surface area contributed by atoms with Gasteiger partial charge in [0.05, 0.1) is 29.2 Å². The summed E-state index contributed by atoms with van der Waals surface area (Å²) in [4.78, 5) is 20.1. The van der Waals surface area contributed by atoms with Crippen LogP contribution in [0.25, 0.3) is 48.6 Å². The van der Waals surface area contributed by atoms with Crippen molar-refractivity contribution in [3.05, 3.63) is 305 Å². The molecule has 12 nitrogen and oxygen atoms in total. The maximum absolute atomic E-state index is 12.2. The van der Waals surface area contributed by atoms with E-state index in [4.69, 9.17) is 26.2 Å². The average Bonchev–Trinajstić information content (AvgIpc) is 3.65. The van der Waals surface area contributed by atoms with Crippen molar-refractivity contribution >= 4 is 152 Å². The van der Waals surface area contributed by atoms with Gasteiger partial charge < -0.3 is 26.2 Å². The van der Waals surface area contributed by atoms with Crippen LogP contribution in [0.5, 0.6) is 0 Å². The third-order valence-electron chi connectivity index (χ3n) is 11.6. The van der Waals surface area contributed by atoms with Gasteiger partial charge in [-0.2, -0.15) is 0 Å². The maximum atomic E-state index is 12.2. The van der Waals surface area contributed by atoms with Crippen LogP contribution < -0.4 is 17.2 Å². The van der Waals surface area contributed by atoms with Crippen LogP contribution in [0.3, 0.4) is 0 Å². The summed E-state index contributed by atoms with van der Waals surface area (Å²) in [5.41, 5.74) is 30.5. The first-order chi connectivity index (χ1) is 40.4. The number of nitrogens with zero attached hydrogens (tertiary/aromatic N) is 2. The van der Waals surface area contributed by atoms with Gasteiger partial charge in [-0.25, -0.2) is 0 Å². The van der Waals surface area contributed by atoms with Crippen LogP contribution in [0.2, 0.25) is 0 Å². The molecule has 0 aliphatic heterocycles. The zero-order valence-corrected chi connectivity index (χ0v) is 54.0. The number of nitrogens with two attached hydrogens (primary N) is 3. The number of halogens is 3. The molecule has 0 aliphatic carbocycles. The monoisotopic (exact) mass is 1470 g/mol. The molecule has 0 aliphatic rings. The number of nitro benzene ring substituents is 2. The van der Waals surface area contributed by atoms with Crippen molar-refractivity contribution in [3.8, 4) is 0 Å². The molecule has 0 amide bonds. The normalized spacial score (nSPS) is 10.9. The highest BCUT2D eigenvalue weighted by molar-refractivity contribution is 14.1. The molecular formula is C68H65I3N5O7P. The van der Waals surface area contributed by atoms with Crippen molar-refractivity contribution in [1.82, 2.24) is 0 Å². The molecule has 430 valence electrons. The van der Waals surface area contributed by atoms with Gasteiger partial charge in [0.2, 0.25) is 0 Å². The van der Waals surface area contributed by atoms with E-state index in [1.54, 1.807) is 38.1 Å².